The molecule has 0 saturated heterocycles. The number of nitrogens with one attached hydrogen (secondary N) is 2. The number of aromatic amines is 1. The van der Waals surface area contributed by atoms with Crippen LogP contribution in [-0.4, -0.2) is 15.5 Å². The van der Waals surface area contributed by atoms with Gasteiger partial charge in [0, 0.05) is 24.7 Å². The third-order valence-corrected chi connectivity index (χ3v) is 3.69. The van der Waals surface area contributed by atoms with Crippen molar-refractivity contribution in [2.24, 2.45) is 7.05 Å². The summed E-state index contributed by atoms with van der Waals surface area (Å²) >= 11 is 5.97. The number of anilines is 1. The molecule has 7 heteroatoms. The minimum atomic E-state index is -0.466. The number of carbonyl (C=O) groups is 1. The molecule has 1 aromatic heterocycles. The fraction of sp³-hybridized carbons (Fsp3) is 0.267. The van der Waals surface area contributed by atoms with E-state index in [2.05, 4.69) is 10.3 Å². The minimum Gasteiger partial charge on any atom is -0.325 e. The third-order valence-electron chi connectivity index (χ3n) is 3.36. The molecule has 1 amide bonds. The summed E-state index contributed by atoms with van der Waals surface area (Å²) in [6.45, 7) is 1.64. The molecule has 0 bridgehead atoms. The van der Waals surface area contributed by atoms with Crippen LogP contribution in [0.4, 0.5) is 5.69 Å². The molecule has 2 rings (SSSR count). The number of hydrogen-bond acceptors (Lipinski definition) is 3. The van der Waals surface area contributed by atoms with Gasteiger partial charge in [0.2, 0.25) is 5.91 Å². The SMILES string of the molecule is Cc1[nH]c(=O)n(C)c(=O)c1CCC(=O)Nc1ccccc1Cl. The van der Waals surface area contributed by atoms with Crippen molar-refractivity contribution in [1.82, 2.24) is 9.55 Å². The van der Waals surface area contributed by atoms with E-state index in [0.29, 0.717) is 22.0 Å². The number of halogens is 1. The van der Waals surface area contributed by atoms with Gasteiger partial charge >= 0.3 is 5.69 Å². The van der Waals surface area contributed by atoms with E-state index in [1.807, 2.05) is 0 Å². The molecule has 1 heterocycles. The molecule has 0 atom stereocenters. The molecule has 2 N–H and O–H groups in total. The van der Waals surface area contributed by atoms with Gasteiger partial charge in [-0.1, -0.05) is 23.7 Å². The van der Waals surface area contributed by atoms with Crippen molar-refractivity contribution in [2.75, 3.05) is 5.32 Å². The van der Waals surface area contributed by atoms with Crippen LogP contribution in [-0.2, 0) is 18.3 Å². The molecule has 0 aliphatic carbocycles. The second-order valence-electron chi connectivity index (χ2n) is 4.93. The smallest absolute Gasteiger partial charge is 0.325 e. The average Bonchev–Trinajstić information content (AvgIpc) is 2.47. The number of H-pyrrole nitrogens is 1. The normalized spacial score (nSPS) is 10.5. The largest absolute Gasteiger partial charge is 0.328 e. The second kappa shape index (κ2) is 6.62. The van der Waals surface area contributed by atoms with E-state index in [0.717, 1.165) is 4.57 Å². The van der Waals surface area contributed by atoms with Crippen LogP contribution >= 0.6 is 11.6 Å². The van der Waals surface area contributed by atoms with Gasteiger partial charge in [-0.15, -0.1) is 0 Å². The number of benzene rings is 1. The number of nitrogens with zero attached hydrogens (tertiary/aromatic N) is 1. The van der Waals surface area contributed by atoms with Crippen LogP contribution < -0.4 is 16.6 Å². The zero-order valence-electron chi connectivity index (χ0n) is 12.3. The Bertz CT molecular complexity index is 824. The Morgan fingerprint density at radius 1 is 1.32 bits per heavy atom. The lowest BCUT2D eigenvalue weighted by Crippen LogP contribution is -2.36. The summed E-state index contributed by atoms with van der Waals surface area (Å²) in [6.07, 6.45) is 0.360. The molecule has 0 fully saturated rings. The van der Waals surface area contributed by atoms with Crippen molar-refractivity contribution < 1.29 is 4.79 Å². The van der Waals surface area contributed by atoms with E-state index in [-0.39, 0.29) is 24.3 Å². The summed E-state index contributed by atoms with van der Waals surface area (Å²) in [5.41, 5.74) is 0.592. The highest BCUT2D eigenvalue weighted by molar-refractivity contribution is 6.33. The van der Waals surface area contributed by atoms with Crippen LogP contribution in [0, 0.1) is 6.92 Å². The van der Waals surface area contributed by atoms with Gasteiger partial charge in [0.1, 0.15) is 0 Å². The predicted octanol–water partition coefficient (Wildman–Crippen LogP) is 1.61. The van der Waals surface area contributed by atoms with Crippen LogP contribution in [0.1, 0.15) is 17.7 Å². The molecular formula is C15H16ClN3O3. The first kappa shape index (κ1) is 16.0. The van der Waals surface area contributed by atoms with Crippen LogP contribution in [0.2, 0.25) is 5.02 Å². The lowest BCUT2D eigenvalue weighted by molar-refractivity contribution is -0.116. The lowest BCUT2D eigenvalue weighted by Gasteiger charge is -2.08. The molecule has 0 radical (unpaired) electrons. The van der Waals surface area contributed by atoms with Crippen molar-refractivity contribution in [3.8, 4) is 0 Å². The topological polar surface area (TPSA) is 84.0 Å². The number of aryl methyl sites for hydroxylation is 1. The van der Waals surface area contributed by atoms with E-state index in [1.54, 1.807) is 31.2 Å². The molecule has 1 aromatic carbocycles. The summed E-state index contributed by atoms with van der Waals surface area (Å²) < 4.78 is 0.994. The molecule has 2 aromatic rings. The highest BCUT2D eigenvalue weighted by Crippen LogP contribution is 2.20. The molecule has 6 nitrogen and oxygen atoms in total. The Morgan fingerprint density at radius 3 is 2.68 bits per heavy atom. The Hall–Kier alpha value is -2.34. The summed E-state index contributed by atoms with van der Waals surface area (Å²) in [7, 11) is 1.40. The quantitative estimate of drug-likeness (QED) is 0.897. The van der Waals surface area contributed by atoms with Gasteiger partial charge in [-0.3, -0.25) is 14.2 Å². The lowest BCUT2D eigenvalue weighted by atomic mass is 10.1. The molecule has 116 valence electrons. The Kier molecular flexibility index (Phi) is 4.82. The predicted molar refractivity (Wildman–Crippen MR) is 85.4 cm³/mol. The molecular weight excluding hydrogens is 306 g/mol. The molecule has 0 spiro atoms. The van der Waals surface area contributed by atoms with E-state index in [4.69, 9.17) is 11.6 Å². The average molecular weight is 322 g/mol. The first-order valence-electron chi connectivity index (χ1n) is 6.73. The number of carbonyl (C=O) groups excluding carboxylic acids is 1. The van der Waals surface area contributed by atoms with Crippen LogP contribution in [0.5, 0.6) is 0 Å². The first-order valence-corrected chi connectivity index (χ1v) is 7.11. The summed E-state index contributed by atoms with van der Waals surface area (Å²) in [5, 5.41) is 3.14. The maximum atomic E-state index is 12.0. The maximum absolute atomic E-state index is 12.0. The summed E-state index contributed by atoms with van der Waals surface area (Å²) in [6, 6.07) is 6.91. The first-order chi connectivity index (χ1) is 10.4. The molecule has 0 aliphatic rings. The van der Waals surface area contributed by atoms with Crippen LogP contribution in [0.15, 0.2) is 33.9 Å². The van der Waals surface area contributed by atoms with Crippen molar-refractivity contribution in [3.63, 3.8) is 0 Å². The fourth-order valence-corrected chi connectivity index (χ4v) is 2.27. The van der Waals surface area contributed by atoms with Crippen molar-refractivity contribution in [3.05, 3.63) is 61.4 Å². The molecule has 0 saturated carbocycles. The highest BCUT2D eigenvalue weighted by atomic mass is 35.5. The van der Waals surface area contributed by atoms with Crippen molar-refractivity contribution >= 4 is 23.2 Å². The van der Waals surface area contributed by atoms with E-state index in [9.17, 15) is 14.4 Å². The summed E-state index contributed by atoms with van der Waals surface area (Å²) in [4.78, 5) is 38.0. The van der Waals surface area contributed by atoms with Gasteiger partial charge in [-0.25, -0.2) is 4.79 Å². The van der Waals surface area contributed by atoms with Gasteiger partial charge in [-0.2, -0.15) is 0 Å². The standard InChI is InChI=1S/C15H16ClN3O3/c1-9-10(14(21)19(2)15(22)17-9)7-8-13(20)18-12-6-4-3-5-11(12)16/h3-6H,7-8H2,1-2H3,(H,17,22)(H,18,20). The van der Waals surface area contributed by atoms with E-state index in [1.165, 1.54) is 7.05 Å². The number of amides is 1. The minimum absolute atomic E-state index is 0.118. The monoisotopic (exact) mass is 321 g/mol. The molecule has 22 heavy (non-hydrogen) atoms. The van der Waals surface area contributed by atoms with Gasteiger partial charge < -0.3 is 10.3 Å². The molecule has 0 unspecified atom stereocenters. The van der Waals surface area contributed by atoms with Crippen LogP contribution in [0.25, 0.3) is 0 Å². The second-order valence-corrected chi connectivity index (χ2v) is 5.33. The number of para-hydroxylation sites is 1. The molecule has 0 aliphatic heterocycles. The van der Waals surface area contributed by atoms with Crippen LogP contribution in [0.3, 0.4) is 0 Å². The van der Waals surface area contributed by atoms with Gasteiger partial charge in [0.05, 0.1) is 10.7 Å². The Morgan fingerprint density at radius 2 is 2.00 bits per heavy atom. The van der Waals surface area contributed by atoms with Gasteiger partial charge in [0.15, 0.2) is 0 Å². The van der Waals surface area contributed by atoms with Crippen molar-refractivity contribution in [1.29, 1.82) is 0 Å². The third kappa shape index (κ3) is 3.46. The Labute approximate surface area is 131 Å². The zero-order chi connectivity index (χ0) is 16.3. The number of aromatic nitrogens is 2. The Balaban J connectivity index is 2.10. The van der Waals surface area contributed by atoms with Gasteiger partial charge in [0.25, 0.3) is 5.56 Å². The zero-order valence-corrected chi connectivity index (χ0v) is 13.0. The fourth-order valence-electron chi connectivity index (χ4n) is 2.08. The summed E-state index contributed by atoms with van der Waals surface area (Å²) in [5.74, 6) is -0.249. The number of hydrogen-bond donors (Lipinski definition) is 2. The van der Waals surface area contributed by atoms with Gasteiger partial charge in [-0.05, 0) is 25.5 Å². The number of rotatable bonds is 4. The highest BCUT2D eigenvalue weighted by Gasteiger charge is 2.12. The van der Waals surface area contributed by atoms with E-state index >= 15 is 0 Å². The van der Waals surface area contributed by atoms with Crippen molar-refractivity contribution in [2.45, 2.75) is 19.8 Å². The maximum Gasteiger partial charge on any atom is 0.328 e. The van der Waals surface area contributed by atoms with E-state index < -0.39 is 5.69 Å².